The number of carboxylic acids is 1. The molecular weight excluding hydrogens is 316 g/mol. The van der Waals surface area contributed by atoms with Crippen LogP contribution in [0.1, 0.15) is 25.3 Å². The van der Waals surface area contributed by atoms with Gasteiger partial charge in [-0.05, 0) is 43.5 Å². The number of H-pyrrole nitrogens is 1. The van der Waals surface area contributed by atoms with Crippen molar-refractivity contribution in [2.24, 2.45) is 5.41 Å². The standard InChI is InChI=1S/C17H19ClN2O3/c1-17(16(22)23)5-2-6-20(10-17)15(21)7-11-9-19-14-4-3-12(18)8-13(11)14/h3-4,8-9,19H,2,5-7,10H2,1H3,(H,22,23). The Morgan fingerprint density at radius 1 is 1.43 bits per heavy atom. The van der Waals surface area contributed by atoms with Crippen molar-refractivity contribution in [1.29, 1.82) is 0 Å². The van der Waals surface area contributed by atoms with E-state index >= 15 is 0 Å². The lowest BCUT2D eigenvalue weighted by atomic mass is 9.82. The highest BCUT2D eigenvalue weighted by Gasteiger charge is 2.39. The number of benzene rings is 1. The molecule has 1 aliphatic heterocycles. The Kier molecular flexibility index (Phi) is 4.06. The summed E-state index contributed by atoms with van der Waals surface area (Å²) in [6, 6.07) is 5.52. The van der Waals surface area contributed by atoms with Gasteiger partial charge in [0, 0.05) is 35.2 Å². The maximum atomic E-state index is 12.6. The fourth-order valence-electron chi connectivity index (χ4n) is 3.20. The van der Waals surface area contributed by atoms with Crippen molar-refractivity contribution in [3.63, 3.8) is 0 Å². The van der Waals surface area contributed by atoms with Gasteiger partial charge < -0.3 is 15.0 Å². The molecule has 1 unspecified atom stereocenters. The molecule has 2 heterocycles. The van der Waals surface area contributed by atoms with E-state index in [4.69, 9.17) is 11.6 Å². The van der Waals surface area contributed by atoms with E-state index in [0.717, 1.165) is 16.5 Å². The molecule has 23 heavy (non-hydrogen) atoms. The van der Waals surface area contributed by atoms with E-state index in [1.165, 1.54) is 0 Å². The molecule has 1 amide bonds. The summed E-state index contributed by atoms with van der Waals surface area (Å²) in [5.41, 5.74) is 0.971. The average Bonchev–Trinajstić information content (AvgIpc) is 2.89. The molecule has 1 atom stereocenters. The van der Waals surface area contributed by atoms with Crippen molar-refractivity contribution in [3.05, 3.63) is 35.0 Å². The Morgan fingerprint density at radius 3 is 2.96 bits per heavy atom. The van der Waals surface area contributed by atoms with Crippen molar-refractivity contribution >= 4 is 34.4 Å². The first-order chi connectivity index (χ1) is 10.9. The van der Waals surface area contributed by atoms with Crippen molar-refractivity contribution in [2.75, 3.05) is 13.1 Å². The number of aliphatic carboxylic acids is 1. The fourth-order valence-corrected chi connectivity index (χ4v) is 3.37. The fraction of sp³-hybridized carbons (Fsp3) is 0.412. The number of carbonyl (C=O) groups is 2. The molecule has 1 aliphatic rings. The van der Waals surface area contributed by atoms with Gasteiger partial charge in [0.15, 0.2) is 0 Å². The summed E-state index contributed by atoms with van der Waals surface area (Å²) in [7, 11) is 0. The third kappa shape index (κ3) is 3.06. The summed E-state index contributed by atoms with van der Waals surface area (Å²) in [5.74, 6) is -0.882. The summed E-state index contributed by atoms with van der Waals surface area (Å²) in [4.78, 5) is 28.8. The number of carbonyl (C=O) groups excluding carboxylic acids is 1. The lowest BCUT2D eigenvalue weighted by Gasteiger charge is -2.37. The van der Waals surface area contributed by atoms with Gasteiger partial charge in [-0.25, -0.2) is 0 Å². The molecule has 1 aromatic carbocycles. The number of aromatic amines is 1. The first-order valence-corrected chi connectivity index (χ1v) is 8.03. The van der Waals surface area contributed by atoms with Gasteiger partial charge in [0.25, 0.3) is 0 Å². The first-order valence-electron chi connectivity index (χ1n) is 7.66. The van der Waals surface area contributed by atoms with Crippen LogP contribution in [0.4, 0.5) is 0 Å². The van der Waals surface area contributed by atoms with Gasteiger partial charge in [0.05, 0.1) is 11.8 Å². The number of amides is 1. The average molecular weight is 335 g/mol. The number of likely N-dealkylation sites (tertiary alicyclic amines) is 1. The lowest BCUT2D eigenvalue weighted by Crippen LogP contribution is -2.48. The van der Waals surface area contributed by atoms with Crippen LogP contribution in [-0.4, -0.2) is 40.0 Å². The van der Waals surface area contributed by atoms with Crippen LogP contribution in [0.2, 0.25) is 5.02 Å². The van der Waals surface area contributed by atoms with Gasteiger partial charge in [-0.2, -0.15) is 0 Å². The smallest absolute Gasteiger partial charge is 0.311 e. The number of nitrogens with one attached hydrogen (secondary N) is 1. The summed E-state index contributed by atoms with van der Waals surface area (Å²) < 4.78 is 0. The van der Waals surface area contributed by atoms with Crippen LogP contribution in [0, 0.1) is 5.41 Å². The monoisotopic (exact) mass is 334 g/mol. The van der Waals surface area contributed by atoms with E-state index in [2.05, 4.69) is 4.98 Å². The third-order valence-corrected chi connectivity index (χ3v) is 4.87. The number of hydrogen-bond donors (Lipinski definition) is 2. The lowest BCUT2D eigenvalue weighted by molar-refractivity contribution is -0.153. The number of nitrogens with zero attached hydrogens (tertiary/aromatic N) is 1. The van der Waals surface area contributed by atoms with Crippen molar-refractivity contribution in [3.8, 4) is 0 Å². The number of rotatable bonds is 3. The van der Waals surface area contributed by atoms with Crippen LogP contribution in [0.3, 0.4) is 0 Å². The minimum absolute atomic E-state index is 0.0435. The number of halogens is 1. The number of fused-ring (bicyclic) bond motifs is 1. The maximum absolute atomic E-state index is 12.6. The number of aromatic nitrogens is 1. The van der Waals surface area contributed by atoms with E-state index in [1.54, 1.807) is 17.9 Å². The van der Waals surface area contributed by atoms with Crippen molar-refractivity contribution < 1.29 is 14.7 Å². The summed E-state index contributed by atoms with van der Waals surface area (Å²) in [5, 5.41) is 10.9. The van der Waals surface area contributed by atoms with Crippen molar-refractivity contribution in [1.82, 2.24) is 9.88 Å². The van der Waals surface area contributed by atoms with Crippen LogP contribution < -0.4 is 0 Å². The van der Waals surface area contributed by atoms with Gasteiger partial charge in [-0.15, -0.1) is 0 Å². The molecule has 0 bridgehead atoms. The molecule has 0 aliphatic carbocycles. The molecule has 1 saturated heterocycles. The van der Waals surface area contributed by atoms with E-state index < -0.39 is 11.4 Å². The molecule has 0 radical (unpaired) electrons. The zero-order valence-corrected chi connectivity index (χ0v) is 13.7. The first kappa shape index (κ1) is 15.9. The summed E-state index contributed by atoms with van der Waals surface area (Å²) in [6.07, 6.45) is 3.39. The van der Waals surface area contributed by atoms with Gasteiger partial charge in [0.2, 0.25) is 5.91 Å². The van der Waals surface area contributed by atoms with Crippen LogP contribution in [0.25, 0.3) is 10.9 Å². The second-order valence-electron chi connectivity index (χ2n) is 6.47. The molecule has 6 heteroatoms. The predicted octanol–water partition coefficient (Wildman–Crippen LogP) is 3.08. The minimum Gasteiger partial charge on any atom is -0.481 e. The molecule has 122 valence electrons. The Hall–Kier alpha value is -2.01. The molecule has 1 aromatic heterocycles. The van der Waals surface area contributed by atoms with Gasteiger partial charge in [-0.1, -0.05) is 11.6 Å². The number of carboxylic acid groups (broad SMARTS) is 1. The zero-order valence-electron chi connectivity index (χ0n) is 12.9. The molecule has 3 rings (SSSR count). The van der Waals surface area contributed by atoms with Gasteiger partial charge >= 0.3 is 5.97 Å². The summed E-state index contributed by atoms with van der Waals surface area (Å²) >= 11 is 6.03. The molecular formula is C17H19ClN2O3. The number of piperidine rings is 1. The minimum atomic E-state index is -0.850. The molecule has 2 N–H and O–H groups in total. The molecule has 5 nitrogen and oxygen atoms in total. The highest BCUT2D eigenvalue weighted by molar-refractivity contribution is 6.31. The van der Waals surface area contributed by atoms with Gasteiger partial charge in [0.1, 0.15) is 0 Å². The molecule has 2 aromatic rings. The molecule has 1 fully saturated rings. The van der Waals surface area contributed by atoms with Crippen molar-refractivity contribution in [2.45, 2.75) is 26.2 Å². The SMILES string of the molecule is CC1(C(=O)O)CCCN(C(=O)Cc2c[nH]c3ccc(Cl)cc23)C1. The highest BCUT2D eigenvalue weighted by atomic mass is 35.5. The maximum Gasteiger partial charge on any atom is 0.311 e. The normalized spacial score (nSPS) is 21.6. The van der Waals surface area contributed by atoms with Crippen LogP contribution in [0.5, 0.6) is 0 Å². The Labute approximate surface area is 139 Å². The van der Waals surface area contributed by atoms with Gasteiger partial charge in [-0.3, -0.25) is 9.59 Å². The zero-order chi connectivity index (χ0) is 16.6. The topological polar surface area (TPSA) is 73.4 Å². The Balaban J connectivity index is 1.78. The predicted molar refractivity (Wildman–Crippen MR) is 88.6 cm³/mol. The summed E-state index contributed by atoms with van der Waals surface area (Å²) in [6.45, 7) is 2.59. The van der Waals surface area contributed by atoms with E-state index in [-0.39, 0.29) is 18.9 Å². The second kappa shape index (κ2) is 5.89. The quantitative estimate of drug-likeness (QED) is 0.906. The Morgan fingerprint density at radius 2 is 2.22 bits per heavy atom. The molecule has 0 saturated carbocycles. The van der Waals surface area contributed by atoms with Crippen LogP contribution in [0.15, 0.2) is 24.4 Å². The third-order valence-electron chi connectivity index (χ3n) is 4.64. The molecule has 0 spiro atoms. The highest BCUT2D eigenvalue weighted by Crippen LogP contribution is 2.30. The van der Waals surface area contributed by atoms with Crippen LogP contribution >= 0.6 is 11.6 Å². The number of hydrogen-bond acceptors (Lipinski definition) is 2. The van der Waals surface area contributed by atoms with E-state index in [0.29, 0.717) is 24.4 Å². The Bertz CT molecular complexity index is 770. The largest absolute Gasteiger partial charge is 0.481 e. The second-order valence-corrected chi connectivity index (χ2v) is 6.90. The van der Waals surface area contributed by atoms with E-state index in [9.17, 15) is 14.7 Å². The van der Waals surface area contributed by atoms with Crippen LogP contribution in [-0.2, 0) is 16.0 Å². The van der Waals surface area contributed by atoms with E-state index in [1.807, 2.05) is 18.3 Å².